The number of nitrogens with one attached hydrogen (secondary N) is 1. The molecule has 0 radical (unpaired) electrons. The van der Waals surface area contributed by atoms with Crippen LogP contribution < -0.4 is 5.32 Å². The Kier molecular flexibility index (Phi) is 4.06. The summed E-state index contributed by atoms with van der Waals surface area (Å²) in [5.41, 5.74) is 1.59. The van der Waals surface area contributed by atoms with Crippen molar-refractivity contribution in [3.63, 3.8) is 0 Å². The Balaban J connectivity index is 1.34. The molecule has 2 aromatic heterocycles. The van der Waals surface area contributed by atoms with Gasteiger partial charge in [0.25, 0.3) is 5.91 Å². The predicted octanol–water partition coefficient (Wildman–Crippen LogP) is 2.20. The topological polar surface area (TPSA) is 71.3 Å². The molecule has 2 aromatic rings. The van der Waals surface area contributed by atoms with Gasteiger partial charge in [0, 0.05) is 50.1 Å². The Labute approximate surface area is 141 Å². The largest absolute Gasteiger partial charge is 0.360 e. The molecule has 1 saturated carbocycles. The van der Waals surface area contributed by atoms with Crippen LogP contribution in [0.15, 0.2) is 35.1 Å². The highest BCUT2D eigenvalue weighted by atomic mass is 16.5. The molecule has 126 valence electrons. The van der Waals surface area contributed by atoms with Gasteiger partial charge in [-0.3, -0.25) is 14.7 Å². The fourth-order valence-electron chi connectivity index (χ4n) is 3.33. The fourth-order valence-corrected chi connectivity index (χ4v) is 3.33. The maximum absolute atomic E-state index is 12.4. The SMILES string of the molecule is C[C@H]1CN(Cc2cccnc2)C[C@@H]1NC(=O)c1cc(C2CC2)on1. The van der Waals surface area contributed by atoms with Crippen molar-refractivity contribution in [2.75, 3.05) is 13.1 Å². The molecule has 1 amide bonds. The van der Waals surface area contributed by atoms with Gasteiger partial charge in [-0.05, 0) is 30.4 Å². The molecule has 0 bridgehead atoms. The van der Waals surface area contributed by atoms with Crippen LogP contribution in [0, 0.1) is 5.92 Å². The number of likely N-dealkylation sites (tertiary alicyclic amines) is 1. The van der Waals surface area contributed by atoms with Gasteiger partial charge in [0.15, 0.2) is 5.69 Å². The Hall–Kier alpha value is -2.21. The van der Waals surface area contributed by atoms with Gasteiger partial charge >= 0.3 is 0 Å². The standard InChI is InChI=1S/C18H22N4O2/c1-12-9-22(10-13-3-2-6-19-8-13)11-16(12)20-18(23)15-7-17(24-21-15)14-4-5-14/h2-3,6-8,12,14,16H,4-5,9-11H2,1H3,(H,20,23)/t12-,16-/m0/s1. The van der Waals surface area contributed by atoms with E-state index in [1.54, 1.807) is 12.3 Å². The fraction of sp³-hybridized carbons (Fsp3) is 0.500. The van der Waals surface area contributed by atoms with Crippen molar-refractivity contribution in [3.8, 4) is 0 Å². The van der Waals surface area contributed by atoms with E-state index in [0.29, 0.717) is 17.5 Å². The maximum Gasteiger partial charge on any atom is 0.273 e. The number of carbonyl (C=O) groups excluding carboxylic acids is 1. The zero-order valence-corrected chi connectivity index (χ0v) is 13.8. The molecule has 1 aliphatic carbocycles. The van der Waals surface area contributed by atoms with E-state index < -0.39 is 0 Å². The van der Waals surface area contributed by atoms with Gasteiger partial charge in [0.2, 0.25) is 0 Å². The Morgan fingerprint density at radius 3 is 3.04 bits per heavy atom. The number of carbonyl (C=O) groups is 1. The maximum atomic E-state index is 12.4. The highest BCUT2D eigenvalue weighted by molar-refractivity contribution is 5.92. The van der Waals surface area contributed by atoms with Crippen LogP contribution in [-0.4, -0.2) is 40.1 Å². The lowest BCUT2D eigenvalue weighted by atomic mass is 10.1. The summed E-state index contributed by atoms with van der Waals surface area (Å²) in [6.45, 7) is 4.84. The number of pyridine rings is 1. The average molecular weight is 326 g/mol. The van der Waals surface area contributed by atoms with E-state index in [1.165, 1.54) is 5.56 Å². The van der Waals surface area contributed by atoms with Crippen molar-refractivity contribution in [3.05, 3.63) is 47.6 Å². The van der Waals surface area contributed by atoms with Gasteiger partial charge in [-0.1, -0.05) is 18.1 Å². The van der Waals surface area contributed by atoms with Crippen LogP contribution in [-0.2, 0) is 6.54 Å². The van der Waals surface area contributed by atoms with E-state index in [0.717, 1.165) is 38.2 Å². The van der Waals surface area contributed by atoms with Crippen molar-refractivity contribution in [2.45, 2.75) is 38.3 Å². The van der Waals surface area contributed by atoms with Gasteiger partial charge in [-0.2, -0.15) is 0 Å². The smallest absolute Gasteiger partial charge is 0.273 e. The van der Waals surface area contributed by atoms with Crippen LogP contribution in [0.3, 0.4) is 0 Å². The van der Waals surface area contributed by atoms with E-state index in [2.05, 4.69) is 33.3 Å². The molecule has 6 nitrogen and oxygen atoms in total. The highest BCUT2D eigenvalue weighted by Crippen LogP contribution is 2.40. The molecule has 6 heteroatoms. The van der Waals surface area contributed by atoms with Crippen LogP contribution in [0.4, 0.5) is 0 Å². The molecular formula is C18H22N4O2. The van der Waals surface area contributed by atoms with Crippen molar-refractivity contribution in [1.82, 2.24) is 20.4 Å². The van der Waals surface area contributed by atoms with E-state index in [-0.39, 0.29) is 11.9 Å². The van der Waals surface area contributed by atoms with Crippen LogP contribution in [0.25, 0.3) is 0 Å². The van der Waals surface area contributed by atoms with Crippen molar-refractivity contribution < 1.29 is 9.32 Å². The van der Waals surface area contributed by atoms with Crippen molar-refractivity contribution in [1.29, 1.82) is 0 Å². The average Bonchev–Trinajstić information content (AvgIpc) is 3.21. The highest BCUT2D eigenvalue weighted by Gasteiger charge is 2.33. The molecular weight excluding hydrogens is 304 g/mol. The number of amides is 1. The summed E-state index contributed by atoms with van der Waals surface area (Å²) in [6, 6.07) is 5.96. The molecule has 1 saturated heterocycles. The van der Waals surface area contributed by atoms with Gasteiger partial charge < -0.3 is 9.84 Å². The van der Waals surface area contributed by atoms with Crippen molar-refractivity contribution >= 4 is 5.91 Å². The monoisotopic (exact) mass is 326 g/mol. The summed E-state index contributed by atoms with van der Waals surface area (Å²) in [6.07, 6.45) is 5.96. The van der Waals surface area contributed by atoms with Gasteiger partial charge in [0.1, 0.15) is 5.76 Å². The molecule has 1 aliphatic heterocycles. The van der Waals surface area contributed by atoms with E-state index in [9.17, 15) is 4.79 Å². The molecule has 2 atom stereocenters. The normalized spacial score (nSPS) is 24.2. The summed E-state index contributed by atoms with van der Waals surface area (Å²) < 4.78 is 5.27. The molecule has 1 N–H and O–H groups in total. The lowest BCUT2D eigenvalue weighted by Crippen LogP contribution is -2.39. The summed E-state index contributed by atoms with van der Waals surface area (Å²) in [4.78, 5) is 18.9. The van der Waals surface area contributed by atoms with Crippen LogP contribution >= 0.6 is 0 Å². The minimum atomic E-state index is -0.134. The molecule has 0 spiro atoms. The second-order valence-corrected chi connectivity index (χ2v) is 7.00. The zero-order valence-electron chi connectivity index (χ0n) is 13.8. The molecule has 2 fully saturated rings. The Morgan fingerprint density at radius 2 is 2.29 bits per heavy atom. The predicted molar refractivity (Wildman–Crippen MR) is 88.4 cm³/mol. The molecule has 0 unspecified atom stereocenters. The second kappa shape index (κ2) is 6.36. The van der Waals surface area contributed by atoms with Gasteiger partial charge in [-0.15, -0.1) is 0 Å². The number of nitrogens with zero attached hydrogens (tertiary/aromatic N) is 3. The van der Waals surface area contributed by atoms with Gasteiger partial charge in [-0.25, -0.2) is 0 Å². The summed E-state index contributed by atoms with van der Waals surface area (Å²) in [7, 11) is 0. The molecule has 2 aliphatic rings. The minimum Gasteiger partial charge on any atom is -0.360 e. The zero-order chi connectivity index (χ0) is 16.5. The Morgan fingerprint density at radius 1 is 1.42 bits per heavy atom. The number of rotatable bonds is 5. The number of hydrogen-bond acceptors (Lipinski definition) is 5. The van der Waals surface area contributed by atoms with E-state index in [1.807, 2.05) is 12.3 Å². The summed E-state index contributed by atoms with van der Waals surface area (Å²) >= 11 is 0. The second-order valence-electron chi connectivity index (χ2n) is 7.00. The summed E-state index contributed by atoms with van der Waals surface area (Å²) in [5.74, 6) is 1.59. The number of hydrogen-bond donors (Lipinski definition) is 1. The molecule has 3 heterocycles. The van der Waals surface area contributed by atoms with Crippen LogP contribution in [0.1, 0.15) is 47.5 Å². The first kappa shape index (κ1) is 15.3. The van der Waals surface area contributed by atoms with E-state index in [4.69, 9.17) is 4.52 Å². The lowest BCUT2D eigenvalue weighted by molar-refractivity contribution is 0.0922. The number of aromatic nitrogens is 2. The quantitative estimate of drug-likeness (QED) is 0.912. The van der Waals surface area contributed by atoms with Gasteiger partial charge in [0.05, 0.1) is 0 Å². The first-order valence-corrected chi connectivity index (χ1v) is 8.58. The summed E-state index contributed by atoms with van der Waals surface area (Å²) in [5, 5.41) is 7.04. The third kappa shape index (κ3) is 3.33. The lowest BCUT2D eigenvalue weighted by Gasteiger charge is -2.16. The van der Waals surface area contributed by atoms with Crippen LogP contribution in [0.2, 0.25) is 0 Å². The molecule has 24 heavy (non-hydrogen) atoms. The minimum absolute atomic E-state index is 0.134. The van der Waals surface area contributed by atoms with Crippen molar-refractivity contribution in [2.24, 2.45) is 5.92 Å². The first-order chi connectivity index (χ1) is 11.7. The molecule has 4 rings (SSSR count). The third-order valence-corrected chi connectivity index (χ3v) is 4.87. The van der Waals surface area contributed by atoms with Crippen LogP contribution in [0.5, 0.6) is 0 Å². The van der Waals surface area contributed by atoms with E-state index >= 15 is 0 Å². The Bertz CT molecular complexity index is 711. The first-order valence-electron chi connectivity index (χ1n) is 8.58. The third-order valence-electron chi connectivity index (χ3n) is 4.87. The molecule has 0 aromatic carbocycles.